The van der Waals surface area contributed by atoms with Crippen LogP contribution in [0.2, 0.25) is 0 Å². The maximum atomic E-state index is 13.2. The third-order valence-electron chi connectivity index (χ3n) is 6.92. The molecule has 0 aromatic heterocycles. The number of carbonyl (C=O) groups excluding carboxylic acids is 2. The number of rotatable bonds is 6. The molecule has 1 aliphatic heterocycles. The smallest absolute Gasteiger partial charge is 0.407 e. The molecule has 33 heavy (non-hydrogen) atoms. The molecule has 2 aliphatic rings. The summed E-state index contributed by atoms with van der Waals surface area (Å²) in [5, 5.41) is 12.4. The summed E-state index contributed by atoms with van der Waals surface area (Å²) in [6.07, 6.45) is 0.328. The van der Waals surface area contributed by atoms with Gasteiger partial charge in [0.25, 0.3) is 0 Å². The van der Waals surface area contributed by atoms with Crippen LogP contribution >= 0.6 is 0 Å². The minimum Gasteiger partial charge on any atom is -0.480 e. The molecular formula is C26H30N2O5. The van der Waals surface area contributed by atoms with E-state index in [1.807, 2.05) is 50.2 Å². The van der Waals surface area contributed by atoms with Crippen molar-refractivity contribution in [2.45, 2.75) is 51.1 Å². The minimum atomic E-state index is -1.26. The van der Waals surface area contributed by atoms with Gasteiger partial charge in [-0.1, -0.05) is 62.4 Å². The highest BCUT2D eigenvalue weighted by Gasteiger charge is 2.48. The zero-order valence-electron chi connectivity index (χ0n) is 19.2. The van der Waals surface area contributed by atoms with Crippen molar-refractivity contribution in [1.82, 2.24) is 10.2 Å². The fraction of sp³-hybridized carbons (Fsp3) is 0.423. The Kier molecular flexibility index (Phi) is 6.15. The number of benzene rings is 2. The molecule has 0 saturated carbocycles. The Balaban J connectivity index is 1.46. The lowest BCUT2D eigenvalue weighted by Gasteiger charge is -2.35. The van der Waals surface area contributed by atoms with Gasteiger partial charge in [-0.05, 0) is 47.9 Å². The number of alkyl carbamates (subject to hydrolysis) is 1. The zero-order valence-corrected chi connectivity index (χ0v) is 19.2. The summed E-state index contributed by atoms with van der Waals surface area (Å²) in [5.41, 5.74) is 3.24. The van der Waals surface area contributed by atoms with E-state index in [2.05, 4.69) is 17.4 Å². The Bertz CT molecular complexity index is 1040. The molecule has 2 unspecified atom stereocenters. The molecule has 2 N–H and O–H groups in total. The number of carboxylic acids is 1. The second-order valence-corrected chi connectivity index (χ2v) is 9.36. The van der Waals surface area contributed by atoms with Gasteiger partial charge in [-0.25, -0.2) is 9.59 Å². The number of nitrogens with zero attached hydrogens (tertiary/aromatic N) is 1. The maximum absolute atomic E-state index is 13.2. The second-order valence-electron chi connectivity index (χ2n) is 9.36. The lowest BCUT2D eigenvalue weighted by molar-refractivity contribution is -0.156. The average Bonchev–Trinajstić information content (AvgIpc) is 3.34. The van der Waals surface area contributed by atoms with Gasteiger partial charge in [0.05, 0.1) is 0 Å². The van der Waals surface area contributed by atoms with Crippen LogP contribution in [0.1, 0.15) is 50.7 Å². The van der Waals surface area contributed by atoms with E-state index in [1.54, 1.807) is 6.92 Å². The normalized spacial score (nSPS) is 20.3. The van der Waals surface area contributed by atoms with Gasteiger partial charge >= 0.3 is 12.1 Å². The third kappa shape index (κ3) is 4.08. The van der Waals surface area contributed by atoms with E-state index in [9.17, 15) is 19.5 Å². The van der Waals surface area contributed by atoms with E-state index < -0.39 is 23.6 Å². The number of fused-ring (bicyclic) bond motifs is 3. The first-order valence-electron chi connectivity index (χ1n) is 11.4. The Morgan fingerprint density at radius 1 is 1.09 bits per heavy atom. The van der Waals surface area contributed by atoms with Crippen LogP contribution in [0.4, 0.5) is 4.79 Å². The molecule has 174 valence electrons. The number of ether oxygens (including phenoxy) is 1. The van der Waals surface area contributed by atoms with Crippen LogP contribution < -0.4 is 5.32 Å². The summed E-state index contributed by atoms with van der Waals surface area (Å²) in [4.78, 5) is 39.1. The van der Waals surface area contributed by atoms with Gasteiger partial charge < -0.3 is 20.1 Å². The van der Waals surface area contributed by atoms with Crippen molar-refractivity contribution in [3.05, 3.63) is 59.7 Å². The molecule has 0 spiro atoms. The highest BCUT2D eigenvalue weighted by molar-refractivity contribution is 5.92. The number of carbonyl (C=O) groups is 3. The van der Waals surface area contributed by atoms with Gasteiger partial charge in [0, 0.05) is 12.5 Å². The Hall–Kier alpha value is -3.35. The van der Waals surface area contributed by atoms with Crippen LogP contribution in [0.5, 0.6) is 0 Å². The van der Waals surface area contributed by atoms with Crippen molar-refractivity contribution in [3.8, 4) is 11.1 Å². The topological polar surface area (TPSA) is 95.9 Å². The standard InChI is InChI=1S/C26H30N2O5/c1-16(2)22(23(29)28-14-8-13-26(28,3)24(30)31)27-25(32)33-15-21-19-11-6-4-9-17(19)18-10-5-7-12-20(18)21/h4-7,9-12,16,21-22H,8,13-15H2,1-3H3,(H,27,32)(H,30,31). The molecule has 7 heteroatoms. The van der Waals surface area contributed by atoms with E-state index in [0.29, 0.717) is 19.4 Å². The van der Waals surface area contributed by atoms with E-state index in [-0.39, 0.29) is 24.3 Å². The quantitative estimate of drug-likeness (QED) is 0.693. The first-order valence-corrected chi connectivity index (χ1v) is 11.4. The van der Waals surface area contributed by atoms with E-state index >= 15 is 0 Å². The molecule has 2 aromatic rings. The van der Waals surface area contributed by atoms with Gasteiger partial charge in [-0.15, -0.1) is 0 Å². The molecule has 4 rings (SSSR count). The summed E-state index contributed by atoms with van der Waals surface area (Å²) in [6.45, 7) is 5.71. The summed E-state index contributed by atoms with van der Waals surface area (Å²) in [5.74, 6) is -1.72. The lowest BCUT2D eigenvalue weighted by atomic mass is 9.96. The number of hydrogen-bond acceptors (Lipinski definition) is 4. The Morgan fingerprint density at radius 3 is 2.21 bits per heavy atom. The molecule has 7 nitrogen and oxygen atoms in total. The maximum Gasteiger partial charge on any atom is 0.407 e. The number of nitrogens with one attached hydrogen (secondary N) is 1. The zero-order chi connectivity index (χ0) is 23.8. The highest BCUT2D eigenvalue weighted by Crippen LogP contribution is 2.44. The van der Waals surface area contributed by atoms with Crippen molar-refractivity contribution in [2.75, 3.05) is 13.2 Å². The van der Waals surface area contributed by atoms with Crippen molar-refractivity contribution in [2.24, 2.45) is 5.92 Å². The average molecular weight is 451 g/mol. The summed E-state index contributed by atoms with van der Waals surface area (Å²) in [7, 11) is 0. The fourth-order valence-electron chi connectivity index (χ4n) is 4.99. The number of carboxylic acid groups (broad SMARTS) is 1. The van der Waals surface area contributed by atoms with Gasteiger partial charge in [0.15, 0.2) is 0 Å². The molecular weight excluding hydrogens is 420 g/mol. The van der Waals surface area contributed by atoms with Crippen LogP contribution in [0.25, 0.3) is 11.1 Å². The minimum absolute atomic E-state index is 0.0785. The molecule has 2 atom stereocenters. The highest BCUT2D eigenvalue weighted by atomic mass is 16.5. The summed E-state index contributed by atoms with van der Waals surface area (Å²) in [6, 6.07) is 15.3. The second kappa shape index (κ2) is 8.89. The molecule has 1 aliphatic carbocycles. The first-order chi connectivity index (χ1) is 15.7. The largest absolute Gasteiger partial charge is 0.480 e. The summed E-state index contributed by atoms with van der Waals surface area (Å²) >= 11 is 0. The van der Waals surface area contributed by atoms with Crippen LogP contribution in [-0.2, 0) is 14.3 Å². The molecule has 2 amide bonds. The Morgan fingerprint density at radius 2 is 1.67 bits per heavy atom. The molecule has 0 radical (unpaired) electrons. The first kappa shape index (κ1) is 22.8. The molecule has 1 heterocycles. The van der Waals surface area contributed by atoms with E-state index in [1.165, 1.54) is 4.90 Å². The molecule has 1 saturated heterocycles. The van der Waals surface area contributed by atoms with Crippen molar-refractivity contribution >= 4 is 18.0 Å². The monoisotopic (exact) mass is 450 g/mol. The van der Waals surface area contributed by atoms with Crippen molar-refractivity contribution in [3.63, 3.8) is 0 Å². The van der Waals surface area contributed by atoms with Crippen LogP contribution in [0, 0.1) is 5.92 Å². The lowest BCUT2D eigenvalue weighted by Crippen LogP contribution is -2.58. The number of likely N-dealkylation sites (tertiary alicyclic amines) is 1. The Labute approximate surface area is 193 Å². The summed E-state index contributed by atoms with van der Waals surface area (Å²) < 4.78 is 5.60. The van der Waals surface area contributed by atoms with E-state index in [4.69, 9.17) is 4.74 Å². The predicted molar refractivity (Wildman–Crippen MR) is 124 cm³/mol. The van der Waals surface area contributed by atoms with Crippen molar-refractivity contribution < 1.29 is 24.2 Å². The van der Waals surface area contributed by atoms with E-state index in [0.717, 1.165) is 22.3 Å². The number of hydrogen-bond donors (Lipinski definition) is 2. The van der Waals surface area contributed by atoms with Crippen molar-refractivity contribution in [1.29, 1.82) is 0 Å². The number of amides is 2. The van der Waals surface area contributed by atoms with Gasteiger partial charge in [0.2, 0.25) is 5.91 Å². The number of aliphatic carboxylic acids is 1. The predicted octanol–water partition coefficient (Wildman–Crippen LogP) is 4.02. The molecule has 2 aromatic carbocycles. The van der Waals surface area contributed by atoms with Crippen LogP contribution in [0.15, 0.2) is 48.5 Å². The van der Waals surface area contributed by atoms with Gasteiger partial charge in [-0.3, -0.25) is 4.79 Å². The van der Waals surface area contributed by atoms with Crippen LogP contribution in [0.3, 0.4) is 0 Å². The fourth-order valence-corrected chi connectivity index (χ4v) is 4.99. The van der Waals surface area contributed by atoms with Gasteiger partial charge in [0.1, 0.15) is 18.2 Å². The molecule has 0 bridgehead atoms. The van der Waals surface area contributed by atoms with Crippen LogP contribution in [-0.4, -0.2) is 52.7 Å². The van der Waals surface area contributed by atoms with Gasteiger partial charge in [-0.2, -0.15) is 0 Å². The molecule has 1 fully saturated rings. The third-order valence-corrected chi connectivity index (χ3v) is 6.92. The SMILES string of the molecule is CC(C)C(NC(=O)OCC1c2ccccc2-c2ccccc21)C(=O)N1CCCC1(C)C(=O)O.